The fourth-order valence-electron chi connectivity index (χ4n) is 1.86. The van der Waals surface area contributed by atoms with Crippen molar-refractivity contribution in [2.75, 3.05) is 25.6 Å². The molecule has 20 heavy (non-hydrogen) atoms. The number of sulfonamides is 1. The Morgan fingerprint density at radius 1 is 1.50 bits per heavy atom. The number of nitrogen functional groups attached to an aromatic ring is 1. The Kier molecular flexibility index (Phi) is 4.17. The first-order valence-corrected chi connectivity index (χ1v) is 8.72. The molecule has 1 aliphatic rings. The average Bonchev–Trinajstić information content (AvgIpc) is 3.17. The Balaban J connectivity index is 2.21. The van der Waals surface area contributed by atoms with E-state index in [4.69, 9.17) is 10.5 Å². The molecular weight excluding hydrogens is 303 g/mol. The van der Waals surface area contributed by atoms with Crippen LogP contribution in [0.1, 0.15) is 12.8 Å². The van der Waals surface area contributed by atoms with E-state index < -0.39 is 15.8 Å². The molecule has 1 aromatic carbocycles. The van der Waals surface area contributed by atoms with E-state index in [2.05, 4.69) is 4.72 Å². The van der Waals surface area contributed by atoms with Gasteiger partial charge in [-0.25, -0.2) is 17.5 Å². The lowest BCUT2D eigenvalue weighted by atomic mass is 10.3. The van der Waals surface area contributed by atoms with E-state index in [-0.39, 0.29) is 21.1 Å². The first-order chi connectivity index (χ1) is 9.33. The largest absolute Gasteiger partial charge is 0.492 e. The Morgan fingerprint density at radius 2 is 2.15 bits per heavy atom. The molecule has 8 heteroatoms. The maximum absolute atomic E-state index is 13.7. The van der Waals surface area contributed by atoms with Gasteiger partial charge in [-0.1, -0.05) is 0 Å². The van der Waals surface area contributed by atoms with Gasteiger partial charge >= 0.3 is 0 Å². The molecule has 1 saturated carbocycles. The molecule has 0 aliphatic heterocycles. The van der Waals surface area contributed by atoms with Crippen molar-refractivity contribution in [2.24, 2.45) is 0 Å². The van der Waals surface area contributed by atoms with E-state index in [1.807, 2.05) is 6.26 Å². The van der Waals surface area contributed by atoms with Gasteiger partial charge < -0.3 is 10.5 Å². The standard InChI is InChI=1S/C12H17FN2O3S2/c1-18-11-9(13)5-8(6-10(11)14)20(16,17)15-7-12(19-2)3-4-12/h5-6,15H,3-4,7,14H2,1-2H3. The minimum atomic E-state index is -3.77. The lowest BCUT2D eigenvalue weighted by Gasteiger charge is -2.14. The molecule has 1 fully saturated rings. The molecule has 2 rings (SSSR count). The molecule has 0 heterocycles. The maximum Gasteiger partial charge on any atom is 0.240 e. The van der Waals surface area contributed by atoms with Crippen molar-refractivity contribution in [2.45, 2.75) is 22.5 Å². The van der Waals surface area contributed by atoms with Crippen molar-refractivity contribution in [1.29, 1.82) is 0 Å². The molecule has 0 radical (unpaired) electrons. The third-order valence-corrected chi connectivity index (χ3v) is 6.18. The molecule has 1 aliphatic carbocycles. The van der Waals surface area contributed by atoms with Crippen LogP contribution in [-0.2, 0) is 10.0 Å². The lowest BCUT2D eigenvalue weighted by Crippen LogP contribution is -2.31. The van der Waals surface area contributed by atoms with Crippen molar-refractivity contribution >= 4 is 27.5 Å². The first kappa shape index (κ1) is 15.4. The van der Waals surface area contributed by atoms with E-state index in [1.54, 1.807) is 11.8 Å². The number of rotatable bonds is 6. The summed E-state index contributed by atoms with van der Waals surface area (Å²) in [5.74, 6) is -0.939. The number of nitrogens with one attached hydrogen (secondary N) is 1. The zero-order valence-corrected chi connectivity index (χ0v) is 12.9. The topological polar surface area (TPSA) is 81.4 Å². The van der Waals surface area contributed by atoms with E-state index in [0.717, 1.165) is 18.9 Å². The maximum atomic E-state index is 13.7. The van der Waals surface area contributed by atoms with Crippen molar-refractivity contribution in [3.05, 3.63) is 17.9 Å². The second-order valence-corrected chi connectivity index (χ2v) is 7.78. The number of methoxy groups -OCH3 is 1. The van der Waals surface area contributed by atoms with E-state index in [9.17, 15) is 12.8 Å². The number of hydrogen-bond donors (Lipinski definition) is 2. The van der Waals surface area contributed by atoms with Crippen molar-refractivity contribution in [1.82, 2.24) is 4.72 Å². The van der Waals surface area contributed by atoms with Gasteiger partial charge in [0.2, 0.25) is 10.0 Å². The SMILES string of the molecule is COc1c(N)cc(S(=O)(=O)NCC2(SC)CC2)cc1F. The number of ether oxygens (including phenoxy) is 1. The van der Waals surface area contributed by atoms with Gasteiger partial charge in [0.25, 0.3) is 0 Å². The smallest absolute Gasteiger partial charge is 0.240 e. The minimum Gasteiger partial charge on any atom is -0.492 e. The molecule has 0 bridgehead atoms. The summed E-state index contributed by atoms with van der Waals surface area (Å²) in [5.41, 5.74) is 5.55. The Morgan fingerprint density at radius 3 is 2.60 bits per heavy atom. The van der Waals surface area contributed by atoms with Crippen LogP contribution in [0.15, 0.2) is 17.0 Å². The highest BCUT2D eigenvalue weighted by atomic mass is 32.2. The summed E-state index contributed by atoms with van der Waals surface area (Å²) >= 11 is 1.64. The van der Waals surface area contributed by atoms with Gasteiger partial charge in [0.05, 0.1) is 17.7 Å². The van der Waals surface area contributed by atoms with Crippen molar-refractivity contribution in [3.63, 3.8) is 0 Å². The van der Waals surface area contributed by atoms with Crippen LogP contribution in [0.25, 0.3) is 0 Å². The van der Waals surface area contributed by atoms with Gasteiger partial charge in [0.1, 0.15) is 0 Å². The zero-order valence-electron chi connectivity index (χ0n) is 11.3. The van der Waals surface area contributed by atoms with Gasteiger partial charge in [-0.2, -0.15) is 11.8 Å². The fourth-order valence-corrected chi connectivity index (χ4v) is 3.85. The highest BCUT2D eigenvalue weighted by Crippen LogP contribution is 2.46. The Hall–Kier alpha value is -0.990. The van der Waals surface area contributed by atoms with Crippen LogP contribution < -0.4 is 15.2 Å². The summed E-state index contributed by atoms with van der Waals surface area (Å²) in [6.45, 7) is 0.337. The van der Waals surface area contributed by atoms with Gasteiger partial charge in [0.15, 0.2) is 11.6 Å². The molecular formula is C12H17FN2O3S2. The van der Waals surface area contributed by atoms with Crippen molar-refractivity contribution in [3.8, 4) is 5.75 Å². The molecule has 5 nitrogen and oxygen atoms in total. The highest BCUT2D eigenvalue weighted by Gasteiger charge is 2.42. The van der Waals surface area contributed by atoms with Crippen LogP contribution in [0.4, 0.5) is 10.1 Å². The quantitative estimate of drug-likeness (QED) is 0.778. The van der Waals surface area contributed by atoms with Gasteiger partial charge in [-0.3, -0.25) is 0 Å². The molecule has 0 unspecified atom stereocenters. The summed E-state index contributed by atoms with van der Waals surface area (Å²) in [6, 6.07) is 2.11. The summed E-state index contributed by atoms with van der Waals surface area (Å²) in [5, 5.41) is 0. The molecule has 0 saturated heterocycles. The highest BCUT2D eigenvalue weighted by molar-refractivity contribution is 8.00. The number of halogens is 1. The number of anilines is 1. The van der Waals surface area contributed by atoms with Crippen LogP contribution in [0, 0.1) is 5.82 Å². The molecule has 0 amide bonds. The summed E-state index contributed by atoms with van der Waals surface area (Å²) in [7, 11) is -2.50. The monoisotopic (exact) mass is 320 g/mol. The summed E-state index contributed by atoms with van der Waals surface area (Å²) < 4.78 is 45.2. The van der Waals surface area contributed by atoms with E-state index in [0.29, 0.717) is 6.54 Å². The average molecular weight is 320 g/mol. The second kappa shape index (κ2) is 5.42. The van der Waals surface area contributed by atoms with Crippen LogP contribution >= 0.6 is 11.8 Å². The molecule has 1 aromatic rings. The number of benzene rings is 1. The normalized spacial score (nSPS) is 16.9. The van der Waals surface area contributed by atoms with Crippen LogP contribution in [0.2, 0.25) is 0 Å². The van der Waals surface area contributed by atoms with Crippen LogP contribution in [0.3, 0.4) is 0 Å². The Labute approximate surface area is 122 Å². The minimum absolute atomic E-state index is 0.0103. The van der Waals surface area contributed by atoms with E-state index >= 15 is 0 Å². The molecule has 3 N–H and O–H groups in total. The van der Waals surface area contributed by atoms with E-state index in [1.165, 1.54) is 13.2 Å². The molecule has 0 aromatic heterocycles. The fraction of sp³-hybridized carbons (Fsp3) is 0.500. The number of nitrogens with two attached hydrogens (primary N) is 1. The number of hydrogen-bond acceptors (Lipinski definition) is 5. The summed E-state index contributed by atoms with van der Waals surface area (Å²) in [4.78, 5) is -0.190. The number of thioether (sulfide) groups is 1. The van der Waals surface area contributed by atoms with Gasteiger partial charge in [-0.15, -0.1) is 0 Å². The van der Waals surface area contributed by atoms with Gasteiger partial charge in [0, 0.05) is 11.3 Å². The van der Waals surface area contributed by atoms with Crippen LogP contribution in [-0.4, -0.2) is 33.1 Å². The molecule has 0 atom stereocenters. The third-order valence-electron chi connectivity index (χ3n) is 3.39. The lowest BCUT2D eigenvalue weighted by molar-refractivity contribution is 0.388. The zero-order chi connectivity index (χ0) is 15.0. The third kappa shape index (κ3) is 3.02. The molecule has 112 valence electrons. The van der Waals surface area contributed by atoms with Gasteiger partial charge in [-0.05, 0) is 31.2 Å². The predicted octanol–water partition coefficient (Wildman–Crippen LogP) is 1.59. The van der Waals surface area contributed by atoms with Crippen LogP contribution in [0.5, 0.6) is 5.75 Å². The Bertz CT molecular complexity index is 592. The second-order valence-electron chi connectivity index (χ2n) is 4.74. The predicted molar refractivity (Wildman–Crippen MR) is 78.0 cm³/mol. The molecule has 0 spiro atoms. The summed E-state index contributed by atoms with van der Waals surface area (Å²) in [6.07, 6.45) is 3.91. The van der Waals surface area contributed by atoms with Crippen molar-refractivity contribution < 1.29 is 17.5 Å². The first-order valence-electron chi connectivity index (χ1n) is 6.01.